The molecule has 0 atom stereocenters. The highest BCUT2D eigenvalue weighted by Gasteiger charge is 2.15. The lowest BCUT2D eigenvalue weighted by atomic mass is 10.0. The standard InChI is InChI=1S/C19H22N2O2/c22-19(21-14-16-7-10-23-11-8-16)17-6-9-20-18(13-17)12-15-4-2-1-3-5-15/h1-6,9,13,16H,7-8,10-12,14H2,(H,21,22). The number of nitrogens with one attached hydrogen (secondary N) is 1. The molecule has 1 saturated heterocycles. The van der Waals surface area contributed by atoms with Gasteiger partial charge in [-0.05, 0) is 36.5 Å². The van der Waals surface area contributed by atoms with E-state index in [1.165, 1.54) is 5.56 Å². The van der Waals surface area contributed by atoms with E-state index in [9.17, 15) is 4.79 Å². The first-order valence-electron chi connectivity index (χ1n) is 8.16. The number of carbonyl (C=O) groups excluding carboxylic acids is 1. The first-order chi connectivity index (χ1) is 11.3. The molecule has 1 aliphatic rings. The molecule has 1 amide bonds. The predicted molar refractivity (Wildman–Crippen MR) is 89.4 cm³/mol. The number of aromatic nitrogens is 1. The molecule has 1 aliphatic heterocycles. The lowest BCUT2D eigenvalue weighted by molar-refractivity contribution is 0.0642. The van der Waals surface area contributed by atoms with E-state index >= 15 is 0 Å². The third kappa shape index (κ3) is 4.63. The summed E-state index contributed by atoms with van der Waals surface area (Å²) in [7, 11) is 0. The number of amides is 1. The van der Waals surface area contributed by atoms with E-state index < -0.39 is 0 Å². The van der Waals surface area contributed by atoms with Crippen LogP contribution in [0.25, 0.3) is 0 Å². The molecule has 1 aromatic carbocycles. The van der Waals surface area contributed by atoms with Crippen LogP contribution < -0.4 is 5.32 Å². The molecule has 23 heavy (non-hydrogen) atoms. The van der Waals surface area contributed by atoms with Crippen molar-refractivity contribution in [1.29, 1.82) is 0 Å². The number of hydrogen-bond donors (Lipinski definition) is 1. The Bertz CT molecular complexity index is 637. The highest BCUT2D eigenvalue weighted by atomic mass is 16.5. The zero-order valence-corrected chi connectivity index (χ0v) is 13.2. The predicted octanol–water partition coefficient (Wildman–Crippen LogP) is 2.83. The molecule has 1 fully saturated rings. The highest BCUT2D eigenvalue weighted by Crippen LogP contribution is 2.14. The zero-order valence-electron chi connectivity index (χ0n) is 13.2. The molecule has 0 aliphatic carbocycles. The van der Waals surface area contributed by atoms with Crippen molar-refractivity contribution >= 4 is 5.91 Å². The normalized spacial score (nSPS) is 15.3. The summed E-state index contributed by atoms with van der Waals surface area (Å²) in [5.41, 5.74) is 2.78. The van der Waals surface area contributed by atoms with Crippen molar-refractivity contribution in [3.8, 4) is 0 Å². The monoisotopic (exact) mass is 310 g/mol. The summed E-state index contributed by atoms with van der Waals surface area (Å²) in [6.45, 7) is 2.33. The van der Waals surface area contributed by atoms with E-state index in [4.69, 9.17) is 4.74 Å². The van der Waals surface area contributed by atoms with Gasteiger partial charge >= 0.3 is 0 Å². The zero-order chi connectivity index (χ0) is 15.9. The van der Waals surface area contributed by atoms with Gasteiger partial charge in [0.15, 0.2) is 0 Å². The van der Waals surface area contributed by atoms with Crippen molar-refractivity contribution in [2.75, 3.05) is 19.8 Å². The second-order valence-corrected chi connectivity index (χ2v) is 5.96. The van der Waals surface area contributed by atoms with Crippen molar-refractivity contribution in [3.05, 3.63) is 65.5 Å². The second-order valence-electron chi connectivity index (χ2n) is 5.96. The van der Waals surface area contributed by atoms with Gasteiger partial charge in [-0.1, -0.05) is 30.3 Å². The van der Waals surface area contributed by atoms with Gasteiger partial charge in [0.25, 0.3) is 5.91 Å². The molecule has 1 N–H and O–H groups in total. The Morgan fingerprint density at radius 3 is 2.74 bits per heavy atom. The molecule has 4 heteroatoms. The minimum atomic E-state index is -0.0202. The molecule has 120 valence electrons. The molecule has 2 aromatic rings. The maximum atomic E-state index is 12.3. The van der Waals surface area contributed by atoms with E-state index in [0.29, 0.717) is 11.5 Å². The fourth-order valence-electron chi connectivity index (χ4n) is 2.81. The van der Waals surface area contributed by atoms with E-state index in [1.54, 1.807) is 12.3 Å². The van der Waals surface area contributed by atoms with Crippen LogP contribution in [-0.4, -0.2) is 30.6 Å². The van der Waals surface area contributed by atoms with E-state index in [2.05, 4.69) is 22.4 Å². The molecular weight excluding hydrogens is 288 g/mol. The van der Waals surface area contributed by atoms with Gasteiger partial charge in [0.2, 0.25) is 0 Å². The van der Waals surface area contributed by atoms with E-state index in [0.717, 1.165) is 44.7 Å². The molecule has 0 unspecified atom stereocenters. The third-order valence-electron chi connectivity index (χ3n) is 4.20. The number of rotatable bonds is 5. The van der Waals surface area contributed by atoms with Crippen LogP contribution in [0.2, 0.25) is 0 Å². The largest absolute Gasteiger partial charge is 0.381 e. The molecule has 0 radical (unpaired) electrons. The average Bonchev–Trinajstić information content (AvgIpc) is 2.62. The van der Waals surface area contributed by atoms with Gasteiger partial charge in [-0.25, -0.2) is 0 Å². The minimum Gasteiger partial charge on any atom is -0.381 e. The van der Waals surface area contributed by atoms with Gasteiger partial charge in [0, 0.05) is 43.6 Å². The Labute approximate surface area is 136 Å². The van der Waals surface area contributed by atoms with Crippen molar-refractivity contribution in [3.63, 3.8) is 0 Å². The molecule has 2 heterocycles. The molecule has 1 aromatic heterocycles. The fourth-order valence-corrected chi connectivity index (χ4v) is 2.81. The summed E-state index contributed by atoms with van der Waals surface area (Å²) < 4.78 is 5.34. The van der Waals surface area contributed by atoms with Crippen LogP contribution in [0.1, 0.15) is 34.5 Å². The first kappa shape index (κ1) is 15.7. The topological polar surface area (TPSA) is 51.2 Å². The molecule has 0 bridgehead atoms. The molecule has 3 rings (SSSR count). The number of nitrogens with zero attached hydrogens (tertiary/aromatic N) is 1. The number of hydrogen-bond acceptors (Lipinski definition) is 3. The molecule has 4 nitrogen and oxygen atoms in total. The van der Waals surface area contributed by atoms with Crippen LogP contribution in [0, 0.1) is 5.92 Å². The molecule has 0 spiro atoms. The van der Waals surface area contributed by atoms with Crippen molar-refractivity contribution in [1.82, 2.24) is 10.3 Å². The average molecular weight is 310 g/mol. The second kappa shape index (κ2) is 7.88. The van der Waals surface area contributed by atoms with E-state index in [-0.39, 0.29) is 5.91 Å². The Kier molecular flexibility index (Phi) is 5.37. The lowest BCUT2D eigenvalue weighted by Crippen LogP contribution is -2.32. The number of ether oxygens (including phenoxy) is 1. The number of carbonyl (C=O) groups is 1. The minimum absolute atomic E-state index is 0.0202. The summed E-state index contributed by atoms with van der Waals surface area (Å²) in [5.74, 6) is 0.506. The fraction of sp³-hybridized carbons (Fsp3) is 0.368. The summed E-state index contributed by atoms with van der Waals surface area (Å²) in [5, 5.41) is 3.04. The van der Waals surface area contributed by atoms with Crippen LogP contribution in [0.5, 0.6) is 0 Å². The van der Waals surface area contributed by atoms with Gasteiger partial charge in [-0.2, -0.15) is 0 Å². The summed E-state index contributed by atoms with van der Waals surface area (Å²) in [6.07, 6.45) is 4.50. The van der Waals surface area contributed by atoms with Crippen LogP contribution in [0.4, 0.5) is 0 Å². The summed E-state index contributed by atoms with van der Waals surface area (Å²) in [4.78, 5) is 16.7. The third-order valence-corrected chi connectivity index (χ3v) is 4.20. The van der Waals surface area contributed by atoms with Crippen molar-refractivity contribution in [2.45, 2.75) is 19.3 Å². The first-order valence-corrected chi connectivity index (χ1v) is 8.16. The summed E-state index contributed by atoms with van der Waals surface area (Å²) >= 11 is 0. The Hall–Kier alpha value is -2.20. The Balaban J connectivity index is 1.58. The van der Waals surface area contributed by atoms with Gasteiger partial charge in [-0.15, -0.1) is 0 Å². The van der Waals surface area contributed by atoms with E-state index in [1.807, 2.05) is 24.3 Å². The van der Waals surface area contributed by atoms with Gasteiger partial charge in [0.1, 0.15) is 0 Å². The maximum Gasteiger partial charge on any atom is 0.251 e. The Morgan fingerprint density at radius 1 is 1.17 bits per heavy atom. The van der Waals surface area contributed by atoms with Crippen molar-refractivity contribution in [2.24, 2.45) is 5.92 Å². The van der Waals surface area contributed by atoms with Crippen molar-refractivity contribution < 1.29 is 9.53 Å². The van der Waals surface area contributed by atoms with Crippen LogP contribution in [-0.2, 0) is 11.2 Å². The molecule has 0 saturated carbocycles. The van der Waals surface area contributed by atoms with Gasteiger partial charge < -0.3 is 10.1 Å². The SMILES string of the molecule is O=C(NCC1CCOCC1)c1ccnc(Cc2ccccc2)c1. The maximum absolute atomic E-state index is 12.3. The smallest absolute Gasteiger partial charge is 0.251 e. The Morgan fingerprint density at radius 2 is 1.96 bits per heavy atom. The lowest BCUT2D eigenvalue weighted by Gasteiger charge is -2.22. The van der Waals surface area contributed by atoms with Gasteiger partial charge in [-0.3, -0.25) is 9.78 Å². The van der Waals surface area contributed by atoms with Crippen LogP contribution in [0.3, 0.4) is 0 Å². The summed E-state index contributed by atoms with van der Waals surface area (Å²) in [6, 6.07) is 13.8. The number of benzene rings is 1. The quantitative estimate of drug-likeness (QED) is 0.924. The van der Waals surface area contributed by atoms with Crippen LogP contribution in [0.15, 0.2) is 48.7 Å². The molecular formula is C19H22N2O2. The number of pyridine rings is 1. The van der Waals surface area contributed by atoms with Crippen LogP contribution >= 0.6 is 0 Å². The highest BCUT2D eigenvalue weighted by molar-refractivity contribution is 5.94. The van der Waals surface area contributed by atoms with Gasteiger partial charge in [0.05, 0.1) is 0 Å².